The number of halogens is 2. The van der Waals surface area contributed by atoms with Crippen molar-refractivity contribution in [3.63, 3.8) is 0 Å². The van der Waals surface area contributed by atoms with Crippen molar-refractivity contribution in [1.82, 2.24) is 9.88 Å². The number of nitrogens with zero attached hydrogens (tertiary/aromatic N) is 2. The van der Waals surface area contributed by atoms with Gasteiger partial charge < -0.3 is 5.73 Å². The predicted molar refractivity (Wildman–Crippen MR) is 64.9 cm³/mol. The van der Waals surface area contributed by atoms with Gasteiger partial charge in [-0.3, -0.25) is 4.90 Å². The van der Waals surface area contributed by atoms with Crippen LogP contribution in [-0.2, 0) is 6.54 Å². The summed E-state index contributed by atoms with van der Waals surface area (Å²) in [5, 5.41) is 1.17. The second-order valence-corrected chi connectivity index (χ2v) is 5.84. The molecule has 1 atom stereocenters. The molecule has 1 saturated heterocycles. The summed E-state index contributed by atoms with van der Waals surface area (Å²) in [6, 6.07) is 0.364. The predicted octanol–water partition coefficient (Wildman–Crippen LogP) is 1.86. The van der Waals surface area contributed by atoms with Crippen molar-refractivity contribution in [2.75, 3.05) is 13.1 Å². The Morgan fingerprint density at radius 2 is 2.50 bits per heavy atom. The Balaban J connectivity index is 0.000000980. The molecule has 1 aromatic rings. The van der Waals surface area contributed by atoms with Crippen LogP contribution in [0.5, 0.6) is 0 Å². The number of thiazole rings is 1. The third-order valence-electron chi connectivity index (χ3n) is 2.19. The molecule has 1 aromatic heterocycles. The molecular formula is C8H13BrClN3S. The van der Waals surface area contributed by atoms with E-state index < -0.39 is 0 Å². The number of aromatic nitrogens is 1. The van der Waals surface area contributed by atoms with Gasteiger partial charge in [0, 0.05) is 19.1 Å². The van der Waals surface area contributed by atoms with Crippen molar-refractivity contribution in [2.45, 2.75) is 19.0 Å². The first-order valence-corrected chi connectivity index (χ1v) is 5.93. The van der Waals surface area contributed by atoms with E-state index in [2.05, 4.69) is 25.8 Å². The van der Waals surface area contributed by atoms with Gasteiger partial charge in [0.1, 0.15) is 5.01 Å². The monoisotopic (exact) mass is 297 g/mol. The first-order valence-electron chi connectivity index (χ1n) is 4.32. The van der Waals surface area contributed by atoms with Crippen LogP contribution in [0.25, 0.3) is 0 Å². The second kappa shape index (κ2) is 5.42. The molecule has 0 unspecified atom stereocenters. The maximum atomic E-state index is 5.82. The van der Waals surface area contributed by atoms with Crippen LogP contribution in [0.4, 0.5) is 0 Å². The molecule has 14 heavy (non-hydrogen) atoms. The molecule has 6 heteroatoms. The molecule has 2 N–H and O–H groups in total. The van der Waals surface area contributed by atoms with Crippen molar-refractivity contribution in [3.8, 4) is 0 Å². The maximum Gasteiger partial charge on any atom is 0.108 e. The lowest BCUT2D eigenvalue weighted by Crippen LogP contribution is -2.26. The zero-order chi connectivity index (χ0) is 9.26. The van der Waals surface area contributed by atoms with E-state index in [-0.39, 0.29) is 12.4 Å². The average molecular weight is 299 g/mol. The van der Waals surface area contributed by atoms with Gasteiger partial charge in [-0.05, 0) is 22.4 Å². The molecule has 0 bridgehead atoms. The van der Waals surface area contributed by atoms with Gasteiger partial charge in [-0.2, -0.15) is 0 Å². The minimum absolute atomic E-state index is 0. The summed E-state index contributed by atoms with van der Waals surface area (Å²) in [6.45, 7) is 3.07. The number of hydrogen-bond donors (Lipinski definition) is 1. The molecule has 1 aliphatic rings. The highest BCUT2D eigenvalue weighted by atomic mass is 79.9. The zero-order valence-corrected chi connectivity index (χ0v) is 10.9. The van der Waals surface area contributed by atoms with Crippen molar-refractivity contribution in [2.24, 2.45) is 5.73 Å². The minimum Gasteiger partial charge on any atom is -0.326 e. The molecule has 3 nitrogen and oxygen atoms in total. The van der Waals surface area contributed by atoms with Gasteiger partial charge in [0.25, 0.3) is 0 Å². The quantitative estimate of drug-likeness (QED) is 0.906. The van der Waals surface area contributed by atoms with Crippen LogP contribution in [0, 0.1) is 0 Å². The molecule has 0 saturated carbocycles. The third kappa shape index (κ3) is 3.17. The fourth-order valence-corrected chi connectivity index (χ4v) is 2.90. The van der Waals surface area contributed by atoms with E-state index in [0.29, 0.717) is 6.04 Å². The van der Waals surface area contributed by atoms with Crippen molar-refractivity contribution < 1.29 is 0 Å². The number of hydrogen-bond acceptors (Lipinski definition) is 4. The first-order chi connectivity index (χ1) is 6.24. The van der Waals surface area contributed by atoms with Crippen LogP contribution in [-0.4, -0.2) is 29.0 Å². The molecule has 0 aliphatic carbocycles. The van der Waals surface area contributed by atoms with Crippen LogP contribution < -0.4 is 5.73 Å². The van der Waals surface area contributed by atoms with Gasteiger partial charge in [-0.1, -0.05) is 0 Å². The number of likely N-dealkylation sites (tertiary alicyclic amines) is 1. The summed E-state index contributed by atoms with van der Waals surface area (Å²) >= 11 is 5.11. The van der Waals surface area contributed by atoms with Crippen LogP contribution in [0.1, 0.15) is 11.4 Å². The largest absolute Gasteiger partial charge is 0.326 e. The van der Waals surface area contributed by atoms with Gasteiger partial charge >= 0.3 is 0 Å². The van der Waals surface area contributed by atoms with Crippen LogP contribution in [0.3, 0.4) is 0 Å². The van der Waals surface area contributed by atoms with E-state index in [9.17, 15) is 0 Å². The molecular weight excluding hydrogens is 286 g/mol. The van der Waals surface area contributed by atoms with Gasteiger partial charge in [-0.15, -0.1) is 23.7 Å². The molecule has 2 rings (SSSR count). The summed E-state index contributed by atoms with van der Waals surface area (Å²) in [6.07, 6.45) is 2.97. The van der Waals surface area contributed by atoms with Gasteiger partial charge in [0.2, 0.25) is 0 Å². The Morgan fingerprint density at radius 3 is 3.00 bits per heavy atom. The third-order valence-corrected chi connectivity index (χ3v) is 3.65. The summed E-state index contributed by atoms with van der Waals surface area (Å²) in [7, 11) is 0. The summed E-state index contributed by atoms with van der Waals surface area (Å²) < 4.78 is 1.10. The van der Waals surface area contributed by atoms with E-state index in [4.69, 9.17) is 5.73 Å². The zero-order valence-electron chi connectivity index (χ0n) is 7.65. The number of nitrogens with two attached hydrogens (primary N) is 1. The molecule has 1 aliphatic heterocycles. The Morgan fingerprint density at radius 1 is 1.71 bits per heavy atom. The van der Waals surface area contributed by atoms with E-state index in [1.165, 1.54) is 5.01 Å². The van der Waals surface area contributed by atoms with Crippen molar-refractivity contribution in [1.29, 1.82) is 0 Å². The standard InChI is InChI=1S/C8H12BrN3S.ClH/c9-7-3-11-8(13-7)5-12-2-1-6(10)4-12;/h3,6H,1-2,4-5,10H2;1H/t6-;/m1./s1. The van der Waals surface area contributed by atoms with E-state index >= 15 is 0 Å². The molecule has 0 radical (unpaired) electrons. The lowest BCUT2D eigenvalue weighted by Gasteiger charge is -2.12. The summed E-state index contributed by atoms with van der Waals surface area (Å²) in [5.41, 5.74) is 5.82. The van der Waals surface area contributed by atoms with Crippen molar-refractivity contribution >= 4 is 39.7 Å². The van der Waals surface area contributed by atoms with Gasteiger partial charge in [0.15, 0.2) is 0 Å². The van der Waals surface area contributed by atoms with E-state index in [0.717, 1.165) is 29.8 Å². The van der Waals surface area contributed by atoms with E-state index in [1.807, 2.05) is 6.20 Å². The molecule has 2 heterocycles. The highest BCUT2D eigenvalue weighted by Crippen LogP contribution is 2.21. The lowest BCUT2D eigenvalue weighted by atomic mass is 10.3. The topological polar surface area (TPSA) is 42.1 Å². The van der Waals surface area contributed by atoms with Gasteiger partial charge in [-0.25, -0.2) is 4.98 Å². The Hall–Kier alpha value is 0.320. The lowest BCUT2D eigenvalue weighted by molar-refractivity contribution is 0.326. The Labute approximate surface area is 102 Å². The van der Waals surface area contributed by atoms with Crippen LogP contribution >= 0.6 is 39.7 Å². The molecule has 0 amide bonds. The highest BCUT2D eigenvalue weighted by Gasteiger charge is 2.19. The van der Waals surface area contributed by atoms with Crippen LogP contribution in [0.2, 0.25) is 0 Å². The fraction of sp³-hybridized carbons (Fsp3) is 0.625. The maximum absolute atomic E-state index is 5.82. The molecule has 1 fully saturated rings. The van der Waals surface area contributed by atoms with E-state index in [1.54, 1.807) is 11.3 Å². The molecule has 0 spiro atoms. The van der Waals surface area contributed by atoms with Crippen molar-refractivity contribution in [3.05, 3.63) is 15.0 Å². The summed E-state index contributed by atoms with van der Waals surface area (Å²) in [5.74, 6) is 0. The molecule has 80 valence electrons. The second-order valence-electron chi connectivity index (χ2n) is 3.34. The smallest absolute Gasteiger partial charge is 0.108 e. The fourth-order valence-electron chi connectivity index (χ4n) is 1.56. The Bertz CT molecular complexity index is 294. The normalized spacial score (nSPS) is 22.3. The Kier molecular flexibility index (Phi) is 4.79. The van der Waals surface area contributed by atoms with Gasteiger partial charge in [0.05, 0.1) is 16.5 Å². The number of rotatable bonds is 2. The van der Waals surface area contributed by atoms with Crippen LogP contribution in [0.15, 0.2) is 9.98 Å². The SMILES string of the molecule is Cl.N[C@@H]1CCN(Cc2ncc(Br)s2)C1. The average Bonchev–Trinajstić information content (AvgIpc) is 2.62. The molecule has 0 aromatic carbocycles. The summed E-state index contributed by atoms with van der Waals surface area (Å²) in [4.78, 5) is 6.65. The highest BCUT2D eigenvalue weighted by molar-refractivity contribution is 9.11. The first kappa shape index (κ1) is 12.4. The minimum atomic E-state index is 0.